The van der Waals surface area contributed by atoms with Crippen molar-refractivity contribution in [3.05, 3.63) is 68.7 Å². The Morgan fingerprint density at radius 1 is 1.08 bits per heavy atom. The van der Waals surface area contributed by atoms with Gasteiger partial charge in [-0.3, -0.25) is 14.9 Å². The van der Waals surface area contributed by atoms with Crippen LogP contribution in [0.15, 0.2) is 53.0 Å². The number of hydrogen-bond acceptors (Lipinski definition) is 4. The van der Waals surface area contributed by atoms with Crippen molar-refractivity contribution in [1.82, 2.24) is 5.32 Å². The van der Waals surface area contributed by atoms with Gasteiger partial charge in [-0.25, -0.2) is 0 Å². The fourth-order valence-corrected chi connectivity index (χ4v) is 2.70. The SMILES string of the molecule is O=C(CCc1ccccc1Br)NCCNc1ccccc1[N+](=O)[O-]. The molecule has 7 heteroatoms. The first-order valence-corrected chi connectivity index (χ1v) is 8.34. The predicted molar refractivity (Wildman–Crippen MR) is 97.1 cm³/mol. The van der Waals surface area contributed by atoms with Gasteiger partial charge in [0.2, 0.25) is 5.91 Å². The Bertz CT molecular complexity index is 722. The van der Waals surface area contributed by atoms with Crippen molar-refractivity contribution in [1.29, 1.82) is 0 Å². The van der Waals surface area contributed by atoms with Gasteiger partial charge in [0.15, 0.2) is 0 Å². The average Bonchev–Trinajstić information content (AvgIpc) is 2.58. The van der Waals surface area contributed by atoms with Crippen LogP contribution < -0.4 is 10.6 Å². The van der Waals surface area contributed by atoms with E-state index in [0.29, 0.717) is 31.6 Å². The zero-order valence-electron chi connectivity index (χ0n) is 13.0. The molecule has 2 N–H and O–H groups in total. The number of nitro groups is 1. The largest absolute Gasteiger partial charge is 0.378 e. The van der Waals surface area contributed by atoms with Crippen molar-refractivity contribution in [2.75, 3.05) is 18.4 Å². The Morgan fingerprint density at radius 3 is 2.54 bits per heavy atom. The van der Waals surface area contributed by atoms with E-state index in [4.69, 9.17) is 0 Å². The van der Waals surface area contributed by atoms with Crippen molar-refractivity contribution >= 4 is 33.2 Å². The number of aryl methyl sites for hydroxylation is 1. The molecule has 0 unspecified atom stereocenters. The van der Waals surface area contributed by atoms with Gasteiger partial charge in [-0.2, -0.15) is 0 Å². The molecule has 2 rings (SSSR count). The van der Waals surface area contributed by atoms with Crippen LogP contribution in [0.1, 0.15) is 12.0 Å². The molecule has 0 spiro atoms. The maximum Gasteiger partial charge on any atom is 0.292 e. The molecule has 2 aromatic carbocycles. The lowest BCUT2D eigenvalue weighted by atomic mass is 10.1. The molecule has 0 atom stereocenters. The molecule has 24 heavy (non-hydrogen) atoms. The van der Waals surface area contributed by atoms with Gasteiger partial charge in [0, 0.05) is 30.0 Å². The highest BCUT2D eigenvalue weighted by Gasteiger charge is 2.11. The van der Waals surface area contributed by atoms with Gasteiger partial charge in [0.25, 0.3) is 5.69 Å². The van der Waals surface area contributed by atoms with Gasteiger partial charge >= 0.3 is 0 Å². The molecule has 6 nitrogen and oxygen atoms in total. The van der Waals surface area contributed by atoms with Crippen LogP contribution in [0, 0.1) is 10.1 Å². The predicted octanol–water partition coefficient (Wildman–Crippen LogP) is 3.52. The lowest BCUT2D eigenvalue weighted by Gasteiger charge is -2.09. The highest BCUT2D eigenvalue weighted by molar-refractivity contribution is 9.10. The lowest BCUT2D eigenvalue weighted by molar-refractivity contribution is -0.384. The van der Waals surface area contributed by atoms with E-state index in [-0.39, 0.29) is 11.6 Å². The zero-order valence-corrected chi connectivity index (χ0v) is 14.6. The normalized spacial score (nSPS) is 10.2. The number of benzene rings is 2. The molecule has 1 amide bonds. The summed E-state index contributed by atoms with van der Waals surface area (Å²) < 4.78 is 0.996. The molecule has 0 heterocycles. The third-order valence-electron chi connectivity index (χ3n) is 3.44. The summed E-state index contributed by atoms with van der Waals surface area (Å²) in [6.07, 6.45) is 1.05. The molecule has 0 saturated heterocycles. The molecule has 126 valence electrons. The lowest BCUT2D eigenvalue weighted by Crippen LogP contribution is -2.29. The monoisotopic (exact) mass is 391 g/mol. The molecular weight excluding hydrogens is 374 g/mol. The van der Waals surface area contributed by atoms with Crippen LogP contribution in [0.4, 0.5) is 11.4 Å². The maximum absolute atomic E-state index is 11.9. The van der Waals surface area contributed by atoms with Crippen molar-refractivity contribution in [3.63, 3.8) is 0 Å². The Balaban J connectivity index is 1.72. The van der Waals surface area contributed by atoms with Crippen LogP contribution in [0.25, 0.3) is 0 Å². The summed E-state index contributed by atoms with van der Waals surface area (Å²) in [6, 6.07) is 14.2. The number of rotatable bonds is 8. The quantitative estimate of drug-likeness (QED) is 0.409. The van der Waals surface area contributed by atoms with Crippen molar-refractivity contribution in [2.45, 2.75) is 12.8 Å². The van der Waals surface area contributed by atoms with E-state index in [0.717, 1.165) is 10.0 Å². The minimum Gasteiger partial charge on any atom is -0.378 e. The number of nitro benzene ring substituents is 1. The van der Waals surface area contributed by atoms with E-state index in [1.165, 1.54) is 6.07 Å². The van der Waals surface area contributed by atoms with Crippen LogP contribution in [-0.4, -0.2) is 23.9 Å². The van der Waals surface area contributed by atoms with E-state index in [2.05, 4.69) is 26.6 Å². The molecule has 0 aliphatic heterocycles. The van der Waals surface area contributed by atoms with Gasteiger partial charge in [-0.05, 0) is 24.1 Å². The maximum atomic E-state index is 11.9. The molecule has 0 saturated carbocycles. The summed E-state index contributed by atoms with van der Waals surface area (Å²) >= 11 is 3.46. The first-order valence-electron chi connectivity index (χ1n) is 7.55. The van der Waals surface area contributed by atoms with Crippen LogP contribution in [0.5, 0.6) is 0 Å². The molecule has 0 radical (unpaired) electrons. The number of nitrogens with zero attached hydrogens (tertiary/aromatic N) is 1. The Hall–Kier alpha value is -2.41. The summed E-state index contributed by atoms with van der Waals surface area (Å²) in [6.45, 7) is 0.826. The summed E-state index contributed by atoms with van der Waals surface area (Å²) in [5.41, 5.74) is 1.56. The van der Waals surface area contributed by atoms with Crippen LogP contribution in [-0.2, 0) is 11.2 Å². The standard InChI is InChI=1S/C17H18BrN3O3/c18-14-6-2-1-5-13(14)9-10-17(22)20-12-11-19-15-7-3-4-8-16(15)21(23)24/h1-8,19H,9-12H2,(H,20,22). The smallest absolute Gasteiger partial charge is 0.292 e. The minimum atomic E-state index is -0.432. The molecule has 0 bridgehead atoms. The second kappa shape index (κ2) is 9.02. The topological polar surface area (TPSA) is 84.3 Å². The first kappa shape index (κ1) is 17.9. The average molecular weight is 392 g/mol. The number of halogens is 1. The van der Waals surface area contributed by atoms with Gasteiger partial charge < -0.3 is 10.6 Å². The van der Waals surface area contributed by atoms with Crippen molar-refractivity contribution < 1.29 is 9.72 Å². The third-order valence-corrected chi connectivity index (χ3v) is 4.22. The molecule has 2 aromatic rings. The molecule has 0 aliphatic carbocycles. The first-order chi connectivity index (χ1) is 11.6. The molecular formula is C17H18BrN3O3. The van der Waals surface area contributed by atoms with Gasteiger partial charge in [-0.15, -0.1) is 0 Å². The minimum absolute atomic E-state index is 0.0257. The van der Waals surface area contributed by atoms with E-state index in [9.17, 15) is 14.9 Å². The molecule has 0 aliphatic rings. The Kier molecular flexibility index (Phi) is 6.74. The number of amides is 1. The summed E-state index contributed by atoms with van der Waals surface area (Å²) in [5, 5.41) is 16.7. The summed E-state index contributed by atoms with van der Waals surface area (Å²) in [5.74, 6) is -0.0462. The van der Waals surface area contributed by atoms with Gasteiger partial charge in [-0.1, -0.05) is 46.3 Å². The second-order valence-electron chi connectivity index (χ2n) is 5.14. The highest BCUT2D eigenvalue weighted by Crippen LogP contribution is 2.22. The van der Waals surface area contributed by atoms with Gasteiger partial charge in [0.05, 0.1) is 4.92 Å². The molecule has 0 fully saturated rings. The van der Waals surface area contributed by atoms with Crippen LogP contribution in [0.2, 0.25) is 0 Å². The van der Waals surface area contributed by atoms with Gasteiger partial charge in [0.1, 0.15) is 5.69 Å². The highest BCUT2D eigenvalue weighted by atomic mass is 79.9. The summed E-state index contributed by atoms with van der Waals surface area (Å²) in [4.78, 5) is 22.3. The molecule has 0 aromatic heterocycles. The van der Waals surface area contributed by atoms with E-state index in [1.54, 1.807) is 18.2 Å². The van der Waals surface area contributed by atoms with Crippen molar-refractivity contribution in [2.24, 2.45) is 0 Å². The number of hydrogen-bond donors (Lipinski definition) is 2. The number of carbonyl (C=O) groups is 1. The Morgan fingerprint density at radius 2 is 1.79 bits per heavy atom. The van der Waals surface area contributed by atoms with Crippen LogP contribution in [0.3, 0.4) is 0 Å². The number of carbonyl (C=O) groups excluding carboxylic acids is 1. The van der Waals surface area contributed by atoms with E-state index >= 15 is 0 Å². The number of nitrogens with one attached hydrogen (secondary N) is 2. The fourth-order valence-electron chi connectivity index (χ4n) is 2.22. The number of para-hydroxylation sites is 2. The Labute approximate surface area is 148 Å². The fraction of sp³-hybridized carbons (Fsp3) is 0.235. The zero-order chi connectivity index (χ0) is 17.4. The van der Waals surface area contributed by atoms with E-state index in [1.807, 2.05) is 24.3 Å². The number of anilines is 1. The summed E-state index contributed by atoms with van der Waals surface area (Å²) in [7, 11) is 0. The second-order valence-corrected chi connectivity index (χ2v) is 6.00. The van der Waals surface area contributed by atoms with Crippen LogP contribution >= 0.6 is 15.9 Å². The van der Waals surface area contributed by atoms with E-state index < -0.39 is 4.92 Å². The third kappa shape index (κ3) is 5.34. The van der Waals surface area contributed by atoms with Crippen molar-refractivity contribution in [3.8, 4) is 0 Å².